The van der Waals surface area contributed by atoms with Crippen LogP contribution in [0.5, 0.6) is 5.75 Å². The monoisotopic (exact) mass is 343 g/mol. The van der Waals surface area contributed by atoms with Crippen LogP contribution in [0.1, 0.15) is 15.9 Å². The van der Waals surface area contributed by atoms with E-state index in [2.05, 4.69) is 4.85 Å². The van der Waals surface area contributed by atoms with E-state index in [1.54, 1.807) is 24.3 Å². The summed E-state index contributed by atoms with van der Waals surface area (Å²) >= 11 is 0. The maximum Gasteiger partial charge on any atom is 0.340 e. The Bertz CT molecular complexity index is 921. The quantitative estimate of drug-likeness (QED) is 0.353. The van der Waals surface area contributed by atoms with Crippen molar-refractivity contribution >= 4 is 11.7 Å². The van der Waals surface area contributed by atoms with Crippen molar-refractivity contribution in [2.45, 2.75) is 6.92 Å². The van der Waals surface area contributed by atoms with Gasteiger partial charge in [0.25, 0.3) is 0 Å². The lowest BCUT2D eigenvalue weighted by atomic mass is 10.1. The summed E-state index contributed by atoms with van der Waals surface area (Å²) in [6.45, 7) is 8.79. The van der Waals surface area contributed by atoms with Gasteiger partial charge >= 0.3 is 5.97 Å². The standard InChI is InChI=1S/C22H17NO3/c1-16-3-5-19(6-4-16)22(24)26-15-25-21-13-9-18(10-14-21)17-7-11-20(23-2)12-8-17/h3-14H,15H2,1H3. The zero-order valence-electron chi connectivity index (χ0n) is 14.3. The first-order valence-corrected chi connectivity index (χ1v) is 8.10. The first-order chi connectivity index (χ1) is 12.7. The predicted molar refractivity (Wildman–Crippen MR) is 100 cm³/mol. The van der Waals surface area contributed by atoms with Gasteiger partial charge in [0.2, 0.25) is 6.79 Å². The number of rotatable bonds is 5. The van der Waals surface area contributed by atoms with Crippen molar-refractivity contribution in [3.63, 3.8) is 0 Å². The number of ether oxygens (including phenoxy) is 2. The number of carbonyl (C=O) groups excluding carboxylic acids is 1. The summed E-state index contributed by atoms with van der Waals surface area (Å²) in [4.78, 5) is 15.3. The topological polar surface area (TPSA) is 39.9 Å². The highest BCUT2D eigenvalue weighted by Gasteiger charge is 2.06. The highest BCUT2D eigenvalue weighted by molar-refractivity contribution is 5.89. The summed E-state index contributed by atoms with van der Waals surface area (Å²) in [5, 5.41) is 0. The van der Waals surface area contributed by atoms with Crippen molar-refractivity contribution in [2.24, 2.45) is 0 Å². The van der Waals surface area contributed by atoms with Gasteiger partial charge < -0.3 is 9.47 Å². The minimum absolute atomic E-state index is 0.147. The average molecular weight is 343 g/mol. The van der Waals surface area contributed by atoms with Crippen LogP contribution in [0.15, 0.2) is 72.8 Å². The van der Waals surface area contributed by atoms with Crippen molar-refractivity contribution < 1.29 is 14.3 Å². The van der Waals surface area contributed by atoms with E-state index in [4.69, 9.17) is 16.0 Å². The molecule has 0 atom stereocenters. The number of nitrogens with zero attached hydrogens (tertiary/aromatic N) is 1. The molecule has 3 aromatic carbocycles. The van der Waals surface area contributed by atoms with Crippen molar-refractivity contribution in [3.8, 4) is 16.9 Å². The molecule has 0 saturated heterocycles. The zero-order chi connectivity index (χ0) is 18.4. The van der Waals surface area contributed by atoms with Crippen molar-refractivity contribution in [1.29, 1.82) is 0 Å². The fourth-order valence-electron chi connectivity index (χ4n) is 2.40. The summed E-state index contributed by atoms with van der Waals surface area (Å²) in [6.07, 6.45) is 0. The Morgan fingerprint density at radius 2 is 1.46 bits per heavy atom. The molecule has 128 valence electrons. The van der Waals surface area contributed by atoms with Crippen LogP contribution in [0.3, 0.4) is 0 Å². The van der Waals surface area contributed by atoms with E-state index in [9.17, 15) is 4.79 Å². The number of benzene rings is 3. The molecule has 0 saturated carbocycles. The van der Waals surface area contributed by atoms with Gasteiger partial charge in [-0.1, -0.05) is 54.1 Å². The summed E-state index contributed by atoms with van der Waals surface area (Å²) in [6, 6.07) is 22.1. The molecule has 0 heterocycles. The van der Waals surface area contributed by atoms with E-state index in [0.717, 1.165) is 16.7 Å². The van der Waals surface area contributed by atoms with Gasteiger partial charge in [-0.05, 0) is 42.3 Å². The molecule has 0 unspecified atom stereocenters. The van der Waals surface area contributed by atoms with Gasteiger partial charge in [-0.15, -0.1) is 0 Å². The highest BCUT2D eigenvalue weighted by Crippen LogP contribution is 2.24. The largest absolute Gasteiger partial charge is 0.457 e. The smallest absolute Gasteiger partial charge is 0.340 e. The Labute approximate surface area is 152 Å². The molecule has 0 fully saturated rings. The van der Waals surface area contributed by atoms with Crippen LogP contribution in [0.2, 0.25) is 0 Å². The zero-order valence-corrected chi connectivity index (χ0v) is 14.3. The molecular weight excluding hydrogens is 326 g/mol. The number of hydrogen-bond acceptors (Lipinski definition) is 3. The third-order valence-electron chi connectivity index (χ3n) is 3.89. The van der Waals surface area contributed by atoms with Crippen LogP contribution in [-0.2, 0) is 4.74 Å². The molecule has 0 bridgehead atoms. The molecule has 3 aromatic rings. The van der Waals surface area contributed by atoms with Gasteiger partial charge in [0.05, 0.1) is 12.1 Å². The molecule has 4 heteroatoms. The Kier molecular flexibility index (Phi) is 5.31. The van der Waals surface area contributed by atoms with E-state index in [1.165, 1.54) is 0 Å². The molecule has 0 aliphatic rings. The molecule has 3 rings (SSSR count). The first-order valence-electron chi connectivity index (χ1n) is 8.10. The third-order valence-corrected chi connectivity index (χ3v) is 3.89. The average Bonchev–Trinajstić information content (AvgIpc) is 2.69. The van der Waals surface area contributed by atoms with E-state index >= 15 is 0 Å². The summed E-state index contributed by atoms with van der Waals surface area (Å²) < 4.78 is 10.6. The van der Waals surface area contributed by atoms with Gasteiger partial charge in [-0.25, -0.2) is 9.64 Å². The number of hydrogen-bond donors (Lipinski definition) is 0. The lowest BCUT2D eigenvalue weighted by Crippen LogP contribution is -2.10. The second-order valence-electron chi connectivity index (χ2n) is 5.74. The predicted octanol–water partition coefficient (Wildman–Crippen LogP) is 5.41. The number of aryl methyl sites for hydroxylation is 1. The second kappa shape index (κ2) is 8.00. The van der Waals surface area contributed by atoms with E-state index < -0.39 is 5.97 Å². The third kappa shape index (κ3) is 4.28. The fourth-order valence-corrected chi connectivity index (χ4v) is 2.40. The van der Waals surface area contributed by atoms with Crippen LogP contribution in [0, 0.1) is 13.5 Å². The van der Waals surface area contributed by atoms with Crippen molar-refractivity contribution in [2.75, 3.05) is 6.79 Å². The molecular formula is C22H17NO3. The van der Waals surface area contributed by atoms with E-state index in [0.29, 0.717) is 17.0 Å². The lowest BCUT2D eigenvalue weighted by Gasteiger charge is -2.08. The maximum absolute atomic E-state index is 11.9. The molecule has 0 aliphatic heterocycles. The van der Waals surface area contributed by atoms with Gasteiger partial charge in [0.15, 0.2) is 5.69 Å². The van der Waals surface area contributed by atoms with E-state index in [1.807, 2.05) is 55.5 Å². The molecule has 0 N–H and O–H groups in total. The van der Waals surface area contributed by atoms with Crippen LogP contribution < -0.4 is 4.74 Å². The Morgan fingerprint density at radius 1 is 0.885 bits per heavy atom. The highest BCUT2D eigenvalue weighted by atomic mass is 16.7. The summed E-state index contributed by atoms with van der Waals surface area (Å²) in [7, 11) is 0. The molecule has 0 radical (unpaired) electrons. The molecule has 0 aliphatic carbocycles. The van der Waals surface area contributed by atoms with E-state index in [-0.39, 0.29) is 6.79 Å². The molecule has 0 aromatic heterocycles. The number of carbonyl (C=O) groups is 1. The normalized spacial score (nSPS) is 10.0. The Balaban J connectivity index is 1.55. The summed E-state index contributed by atoms with van der Waals surface area (Å²) in [5.74, 6) is 0.199. The van der Waals surface area contributed by atoms with Crippen LogP contribution in [0.25, 0.3) is 16.0 Å². The first kappa shape index (κ1) is 17.2. The van der Waals surface area contributed by atoms with Gasteiger partial charge in [-0.3, -0.25) is 0 Å². The Hall–Kier alpha value is -3.58. The Morgan fingerprint density at radius 3 is 2.04 bits per heavy atom. The number of esters is 1. The second-order valence-corrected chi connectivity index (χ2v) is 5.74. The molecule has 0 amide bonds. The van der Waals surface area contributed by atoms with Gasteiger partial charge in [0, 0.05) is 0 Å². The van der Waals surface area contributed by atoms with Gasteiger partial charge in [0.1, 0.15) is 5.75 Å². The molecule has 0 spiro atoms. The minimum Gasteiger partial charge on any atom is -0.457 e. The molecule has 26 heavy (non-hydrogen) atoms. The minimum atomic E-state index is -0.415. The van der Waals surface area contributed by atoms with Crippen LogP contribution >= 0.6 is 0 Å². The molecule has 4 nitrogen and oxygen atoms in total. The SMILES string of the molecule is [C-]#[N+]c1ccc(-c2ccc(OCOC(=O)c3ccc(C)cc3)cc2)cc1. The van der Waals surface area contributed by atoms with Crippen molar-refractivity contribution in [1.82, 2.24) is 0 Å². The summed E-state index contributed by atoms with van der Waals surface area (Å²) in [5.41, 5.74) is 4.24. The lowest BCUT2D eigenvalue weighted by molar-refractivity contribution is 0.0154. The maximum atomic E-state index is 11.9. The van der Waals surface area contributed by atoms with Crippen LogP contribution in [-0.4, -0.2) is 12.8 Å². The fraction of sp³-hybridized carbons (Fsp3) is 0.0909. The van der Waals surface area contributed by atoms with Gasteiger partial charge in [-0.2, -0.15) is 0 Å². The van der Waals surface area contributed by atoms with Crippen LogP contribution in [0.4, 0.5) is 5.69 Å². The van der Waals surface area contributed by atoms with Crippen molar-refractivity contribution in [3.05, 3.63) is 95.3 Å².